The van der Waals surface area contributed by atoms with Crippen LogP contribution >= 0.6 is 23.4 Å². The van der Waals surface area contributed by atoms with Crippen LogP contribution in [0.4, 0.5) is 5.82 Å². The van der Waals surface area contributed by atoms with Gasteiger partial charge >= 0.3 is 5.97 Å². The van der Waals surface area contributed by atoms with Gasteiger partial charge < -0.3 is 10.1 Å². The van der Waals surface area contributed by atoms with Gasteiger partial charge in [0.1, 0.15) is 16.4 Å². The average Bonchev–Trinajstić information content (AvgIpc) is 2.89. The van der Waals surface area contributed by atoms with Crippen LogP contribution in [0.15, 0.2) is 29.3 Å². The van der Waals surface area contributed by atoms with E-state index in [9.17, 15) is 9.59 Å². The van der Waals surface area contributed by atoms with Crippen molar-refractivity contribution < 1.29 is 14.3 Å². The van der Waals surface area contributed by atoms with Gasteiger partial charge in [0.05, 0.1) is 7.11 Å². The molecule has 6 nitrogen and oxygen atoms in total. The number of aromatic amines is 1. The second-order valence-corrected chi connectivity index (χ2v) is 5.17. The van der Waals surface area contributed by atoms with Crippen molar-refractivity contribution in [2.75, 3.05) is 18.7 Å². The molecule has 1 aromatic heterocycles. The first kappa shape index (κ1) is 15.4. The van der Waals surface area contributed by atoms with Gasteiger partial charge in [0, 0.05) is 10.6 Å². The van der Waals surface area contributed by atoms with Crippen LogP contribution in [0.25, 0.3) is 0 Å². The number of methoxy groups -OCH3 is 1. The van der Waals surface area contributed by atoms with Gasteiger partial charge in [-0.15, -0.1) is 11.8 Å². The summed E-state index contributed by atoms with van der Waals surface area (Å²) in [6.07, 6.45) is 1.77. The SMILES string of the molecule is COC(=O)c1c(SC)n[nH]c1NC(=O)c1ccc(Cl)cc1. The molecule has 1 aromatic carbocycles. The van der Waals surface area contributed by atoms with Crippen molar-refractivity contribution in [2.45, 2.75) is 5.03 Å². The number of H-pyrrole nitrogens is 1. The Morgan fingerprint density at radius 3 is 2.57 bits per heavy atom. The maximum absolute atomic E-state index is 12.1. The highest BCUT2D eigenvalue weighted by atomic mass is 35.5. The molecule has 0 saturated heterocycles. The maximum Gasteiger partial charge on any atom is 0.344 e. The van der Waals surface area contributed by atoms with Crippen molar-refractivity contribution in [3.8, 4) is 0 Å². The molecule has 110 valence electrons. The van der Waals surface area contributed by atoms with E-state index in [0.717, 1.165) is 0 Å². The molecule has 0 fully saturated rings. The van der Waals surface area contributed by atoms with Crippen LogP contribution in [0, 0.1) is 0 Å². The van der Waals surface area contributed by atoms with Crippen LogP contribution in [-0.2, 0) is 4.74 Å². The Hall–Kier alpha value is -1.99. The van der Waals surface area contributed by atoms with Crippen molar-refractivity contribution in [1.29, 1.82) is 0 Å². The fraction of sp³-hybridized carbons (Fsp3) is 0.154. The number of esters is 1. The van der Waals surface area contributed by atoms with Gasteiger partial charge in [0.25, 0.3) is 5.91 Å². The summed E-state index contributed by atoms with van der Waals surface area (Å²) >= 11 is 7.05. The van der Waals surface area contributed by atoms with Gasteiger partial charge in [-0.05, 0) is 30.5 Å². The topological polar surface area (TPSA) is 84.1 Å². The van der Waals surface area contributed by atoms with Crippen LogP contribution in [0.3, 0.4) is 0 Å². The molecular formula is C13H12ClN3O3S. The molecule has 0 spiro atoms. The third-order valence-electron chi connectivity index (χ3n) is 2.66. The lowest BCUT2D eigenvalue weighted by Crippen LogP contribution is -2.15. The van der Waals surface area contributed by atoms with E-state index in [1.54, 1.807) is 30.5 Å². The predicted octanol–water partition coefficient (Wildman–Crippen LogP) is 2.82. The number of benzene rings is 1. The third-order valence-corrected chi connectivity index (χ3v) is 3.60. The number of hydrogen-bond donors (Lipinski definition) is 2. The summed E-state index contributed by atoms with van der Waals surface area (Å²) in [7, 11) is 1.27. The van der Waals surface area contributed by atoms with E-state index >= 15 is 0 Å². The zero-order valence-electron chi connectivity index (χ0n) is 11.3. The smallest absolute Gasteiger partial charge is 0.344 e. The lowest BCUT2D eigenvalue weighted by atomic mass is 10.2. The minimum absolute atomic E-state index is 0.200. The Kier molecular flexibility index (Phi) is 4.87. The summed E-state index contributed by atoms with van der Waals surface area (Å²) in [5, 5.41) is 10.2. The number of nitrogens with one attached hydrogen (secondary N) is 2. The van der Waals surface area contributed by atoms with E-state index < -0.39 is 5.97 Å². The van der Waals surface area contributed by atoms with Crippen LogP contribution < -0.4 is 5.32 Å². The first-order valence-corrected chi connectivity index (χ1v) is 7.44. The largest absolute Gasteiger partial charge is 0.465 e. The van der Waals surface area contributed by atoms with E-state index in [1.807, 2.05) is 0 Å². The Morgan fingerprint density at radius 2 is 2.00 bits per heavy atom. The van der Waals surface area contributed by atoms with E-state index in [4.69, 9.17) is 16.3 Å². The van der Waals surface area contributed by atoms with E-state index in [0.29, 0.717) is 15.6 Å². The number of nitrogens with zero attached hydrogens (tertiary/aromatic N) is 1. The van der Waals surface area contributed by atoms with E-state index in [-0.39, 0.29) is 17.3 Å². The molecule has 0 bridgehead atoms. The van der Waals surface area contributed by atoms with Gasteiger partial charge in [-0.1, -0.05) is 11.6 Å². The zero-order valence-corrected chi connectivity index (χ0v) is 12.8. The number of hydrogen-bond acceptors (Lipinski definition) is 5. The van der Waals surface area contributed by atoms with E-state index in [2.05, 4.69) is 15.5 Å². The Bertz CT molecular complexity index is 670. The maximum atomic E-state index is 12.1. The lowest BCUT2D eigenvalue weighted by molar-refractivity contribution is 0.0598. The molecule has 21 heavy (non-hydrogen) atoms. The quantitative estimate of drug-likeness (QED) is 0.667. The minimum Gasteiger partial charge on any atom is -0.465 e. The lowest BCUT2D eigenvalue weighted by Gasteiger charge is -2.05. The van der Waals surface area contributed by atoms with Gasteiger partial charge in [0.15, 0.2) is 0 Å². The van der Waals surface area contributed by atoms with Crippen LogP contribution in [0.1, 0.15) is 20.7 Å². The zero-order chi connectivity index (χ0) is 15.4. The fourth-order valence-electron chi connectivity index (χ4n) is 1.64. The van der Waals surface area contributed by atoms with Crippen LogP contribution in [0.2, 0.25) is 5.02 Å². The van der Waals surface area contributed by atoms with Crippen molar-refractivity contribution in [1.82, 2.24) is 10.2 Å². The number of thioether (sulfide) groups is 1. The summed E-state index contributed by atoms with van der Waals surface area (Å²) in [6.45, 7) is 0. The molecule has 0 saturated carbocycles. The van der Waals surface area contributed by atoms with Gasteiger partial charge in [-0.25, -0.2) is 4.79 Å². The monoisotopic (exact) mass is 325 g/mol. The number of ether oxygens (including phenoxy) is 1. The summed E-state index contributed by atoms with van der Waals surface area (Å²) in [6, 6.07) is 6.39. The molecule has 0 aliphatic rings. The first-order chi connectivity index (χ1) is 10.1. The summed E-state index contributed by atoms with van der Waals surface area (Å²) in [5.74, 6) is -0.751. The van der Waals surface area contributed by atoms with Crippen LogP contribution in [0.5, 0.6) is 0 Å². The molecule has 0 atom stereocenters. The number of halogens is 1. The molecule has 0 aliphatic heterocycles. The fourth-order valence-corrected chi connectivity index (χ4v) is 2.29. The number of rotatable bonds is 4. The van der Waals surface area contributed by atoms with Crippen LogP contribution in [-0.4, -0.2) is 35.4 Å². The summed E-state index contributed by atoms with van der Waals surface area (Å²) in [5.41, 5.74) is 0.614. The molecule has 2 aromatic rings. The second-order valence-electron chi connectivity index (χ2n) is 3.94. The molecular weight excluding hydrogens is 314 g/mol. The highest BCUT2D eigenvalue weighted by Crippen LogP contribution is 2.25. The summed E-state index contributed by atoms with van der Waals surface area (Å²) in [4.78, 5) is 23.9. The average molecular weight is 326 g/mol. The van der Waals surface area contributed by atoms with Crippen molar-refractivity contribution in [2.24, 2.45) is 0 Å². The number of amides is 1. The van der Waals surface area contributed by atoms with Gasteiger partial charge in [-0.2, -0.15) is 5.10 Å². The predicted molar refractivity (Wildman–Crippen MR) is 81.1 cm³/mol. The Labute approximate surface area is 130 Å². The summed E-state index contributed by atoms with van der Waals surface area (Å²) < 4.78 is 4.70. The molecule has 2 N–H and O–H groups in total. The molecule has 8 heteroatoms. The molecule has 0 aliphatic carbocycles. The number of anilines is 1. The molecule has 0 radical (unpaired) electrons. The minimum atomic E-state index is -0.570. The van der Waals surface area contributed by atoms with Gasteiger partial charge in [-0.3, -0.25) is 9.89 Å². The standard InChI is InChI=1S/C13H12ClN3O3S/c1-20-13(19)9-10(16-17-12(9)21-2)15-11(18)7-3-5-8(14)6-4-7/h3-6H,1-2H3,(H2,15,16,17,18). The number of carbonyl (C=O) groups excluding carboxylic acids is 2. The molecule has 1 heterocycles. The Morgan fingerprint density at radius 1 is 1.33 bits per heavy atom. The van der Waals surface area contributed by atoms with Crippen molar-refractivity contribution >= 4 is 41.1 Å². The van der Waals surface area contributed by atoms with Crippen molar-refractivity contribution in [3.05, 3.63) is 40.4 Å². The number of carbonyl (C=O) groups is 2. The molecule has 0 unspecified atom stereocenters. The number of aromatic nitrogens is 2. The molecule has 2 rings (SSSR count). The van der Waals surface area contributed by atoms with Gasteiger partial charge in [0.2, 0.25) is 0 Å². The van der Waals surface area contributed by atoms with Crippen molar-refractivity contribution in [3.63, 3.8) is 0 Å². The third kappa shape index (κ3) is 3.37. The van der Waals surface area contributed by atoms with E-state index in [1.165, 1.54) is 18.9 Å². The Balaban J connectivity index is 2.27. The highest BCUT2D eigenvalue weighted by Gasteiger charge is 2.22. The first-order valence-electron chi connectivity index (χ1n) is 5.84. The second kappa shape index (κ2) is 6.64. The highest BCUT2D eigenvalue weighted by molar-refractivity contribution is 7.98. The molecule has 1 amide bonds. The normalized spacial score (nSPS) is 10.2.